The summed E-state index contributed by atoms with van der Waals surface area (Å²) in [5, 5.41) is 2.72. The highest BCUT2D eigenvalue weighted by atomic mass is 19.2. The first-order valence-corrected chi connectivity index (χ1v) is 7.06. The van der Waals surface area contributed by atoms with E-state index < -0.39 is 11.6 Å². The summed E-state index contributed by atoms with van der Waals surface area (Å²) in [4.78, 5) is 15.8. The maximum absolute atomic E-state index is 13.2. The van der Waals surface area contributed by atoms with Crippen LogP contribution in [0.4, 0.5) is 8.78 Å². The number of aromatic nitrogens is 1. The average molecular weight is 321 g/mol. The Labute approximate surface area is 132 Å². The molecule has 0 fully saturated rings. The van der Waals surface area contributed by atoms with Crippen LogP contribution < -0.4 is 15.8 Å². The van der Waals surface area contributed by atoms with Crippen LogP contribution in [0, 0.1) is 17.6 Å². The van der Waals surface area contributed by atoms with Crippen molar-refractivity contribution >= 4 is 5.91 Å². The number of nitrogens with two attached hydrogens (primary N) is 1. The molecule has 0 saturated heterocycles. The van der Waals surface area contributed by atoms with Crippen molar-refractivity contribution in [1.82, 2.24) is 10.3 Å². The SMILES string of the molecule is C[C@@H](CN)C(=O)NCc1cccnc1Oc1ccc(F)c(F)c1. The molecule has 0 saturated carbocycles. The van der Waals surface area contributed by atoms with Crippen molar-refractivity contribution < 1.29 is 18.3 Å². The number of rotatable bonds is 6. The van der Waals surface area contributed by atoms with Crippen LogP contribution in [0.25, 0.3) is 0 Å². The lowest BCUT2D eigenvalue weighted by atomic mass is 10.1. The highest BCUT2D eigenvalue weighted by Gasteiger charge is 2.13. The summed E-state index contributed by atoms with van der Waals surface area (Å²) in [6.45, 7) is 2.16. The number of nitrogens with zero attached hydrogens (tertiary/aromatic N) is 1. The Hall–Kier alpha value is -2.54. The molecular weight excluding hydrogens is 304 g/mol. The summed E-state index contributed by atoms with van der Waals surface area (Å²) in [6, 6.07) is 6.61. The number of benzene rings is 1. The van der Waals surface area contributed by atoms with Crippen LogP contribution >= 0.6 is 0 Å². The third-order valence-corrected chi connectivity index (χ3v) is 3.21. The van der Waals surface area contributed by atoms with Gasteiger partial charge >= 0.3 is 0 Å². The minimum absolute atomic E-state index is 0.116. The summed E-state index contributed by atoms with van der Waals surface area (Å²) in [5.74, 6) is -2.13. The molecule has 1 aromatic carbocycles. The van der Waals surface area contributed by atoms with E-state index in [0.29, 0.717) is 5.56 Å². The fourth-order valence-electron chi connectivity index (χ4n) is 1.77. The average Bonchev–Trinajstić information content (AvgIpc) is 2.56. The van der Waals surface area contributed by atoms with E-state index in [1.807, 2.05) is 0 Å². The van der Waals surface area contributed by atoms with Gasteiger partial charge in [0.25, 0.3) is 0 Å². The summed E-state index contributed by atoms with van der Waals surface area (Å²) in [7, 11) is 0. The number of nitrogens with one attached hydrogen (secondary N) is 1. The van der Waals surface area contributed by atoms with Gasteiger partial charge in [0, 0.05) is 36.8 Å². The summed E-state index contributed by atoms with van der Waals surface area (Å²) < 4.78 is 31.6. The molecule has 23 heavy (non-hydrogen) atoms. The first-order valence-electron chi connectivity index (χ1n) is 7.06. The molecule has 7 heteroatoms. The Kier molecular flexibility index (Phi) is 5.59. The van der Waals surface area contributed by atoms with Crippen LogP contribution in [-0.4, -0.2) is 17.4 Å². The minimum atomic E-state index is -1.01. The van der Waals surface area contributed by atoms with Crippen molar-refractivity contribution in [1.29, 1.82) is 0 Å². The van der Waals surface area contributed by atoms with E-state index in [2.05, 4.69) is 10.3 Å². The highest BCUT2D eigenvalue weighted by molar-refractivity contribution is 5.78. The molecule has 1 aromatic heterocycles. The standard InChI is InChI=1S/C16H17F2N3O2/c1-10(8-19)15(22)21-9-11-3-2-6-20-16(11)23-12-4-5-13(17)14(18)7-12/h2-7,10H,8-9,19H2,1H3,(H,21,22)/t10-/m0/s1. The zero-order valence-corrected chi connectivity index (χ0v) is 12.6. The predicted octanol–water partition coefficient (Wildman–Crippen LogP) is 2.36. The summed E-state index contributed by atoms with van der Waals surface area (Å²) in [5.41, 5.74) is 6.04. The number of amides is 1. The second kappa shape index (κ2) is 7.64. The number of pyridine rings is 1. The molecule has 0 aliphatic heterocycles. The molecule has 1 heterocycles. The molecular formula is C16H17F2N3O2. The highest BCUT2D eigenvalue weighted by Crippen LogP contribution is 2.24. The number of ether oxygens (including phenoxy) is 1. The van der Waals surface area contributed by atoms with Crippen LogP contribution in [0.2, 0.25) is 0 Å². The Morgan fingerprint density at radius 3 is 2.83 bits per heavy atom. The smallest absolute Gasteiger partial charge is 0.224 e. The molecule has 122 valence electrons. The van der Waals surface area contributed by atoms with Crippen LogP contribution in [0.15, 0.2) is 36.5 Å². The van der Waals surface area contributed by atoms with Crippen LogP contribution in [-0.2, 0) is 11.3 Å². The van der Waals surface area contributed by atoms with Gasteiger partial charge in [0.1, 0.15) is 5.75 Å². The van der Waals surface area contributed by atoms with Crippen LogP contribution in [0.1, 0.15) is 12.5 Å². The van der Waals surface area contributed by atoms with E-state index in [-0.39, 0.29) is 36.5 Å². The molecule has 5 nitrogen and oxygen atoms in total. The van der Waals surface area contributed by atoms with Crippen molar-refractivity contribution in [3.63, 3.8) is 0 Å². The molecule has 3 N–H and O–H groups in total. The van der Waals surface area contributed by atoms with Crippen molar-refractivity contribution in [3.05, 3.63) is 53.7 Å². The van der Waals surface area contributed by atoms with Gasteiger partial charge in [-0.3, -0.25) is 4.79 Å². The van der Waals surface area contributed by atoms with Crippen LogP contribution in [0.5, 0.6) is 11.6 Å². The summed E-state index contributed by atoms with van der Waals surface area (Å²) >= 11 is 0. The first-order chi connectivity index (χ1) is 11.0. The number of hydrogen-bond donors (Lipinski definition) is 2. The zero-order chi connectivity index (χ0) is 16.8. The van der Waals surface area contributed by atoms with Crippen LogP contribution in [0.3, 0.4) is 0 Å². The molecule has 0 spiro atoms. The fourth-order valence-corrected chi connectivity index (χ4v) is 1.77. The van der Waals surface area contributed by atoms with Gasteiger partial charge < -0.3 is 15.8 Å². The Balaban J connectivity index is 2.11. The molecule has 0 unspecified atom stereocenters. The van der Waals surface area contributed by atoms with E-state index >= 15 is 0 Å². The fraction of sp³-hybridized carbons (Fsp3) is 0.250. The number of hydrogen-bond acceptors (Lipinski definition) is 4. The monoisotopic (exact) mass is 321 g/mol. The van der Waals surface area contributed by atoms with E-state index in [0.717, 1.165) is 12.1 Å². The first kappa shape index (κ1) is 16.8. The molecule has 2 aromatic rings. The largest absolute Gasteiger partial charge is 0.439 e. The molecule has 1 amide bonds. The van der Waals surface area contributed by atoms with Gasteiger partial charge in [-0.25, -0.2) is 13.8 Å². The van der Waals surface area contributed by atoms with Crippen molar-refractivity contribution in [3.8, 4) is 11.6 Å². The molecule has 0 bridgehead atoms. The maximum Gasteiger partial charge on any atom is 0.224 e. The topological polar surface area (TPSA) is 77.2 Å². The second-order valence-corrected chi connectivity index (χ2v) is 5.00. The van der Waals surface area contributed by atoms with Gasteiger partial charge in [-0.15, -0.1) is 0 Å². The summed E-state index contributed by atoms with van der Waals surface area (Å²) in [6.07, 6.45) is 1.50. The molecule has 0 radical (unpaired) electrons. The van der Waals surface area contributed by atoms with Crippen molar-refractivity contribution in [2.24, 2.45) is 11.7 Å². The van der Waals surface area contributed by atoms with Gasteiger partial charge in [-0.1, -0.05) is 13.0 Å². The number of carbonyl (C=O) groups excluding carboxylic acids is 1. The predicted molar refractivity (Wildman–Crippen MR) is 80.7 cm³/mol. The van der Waals surface area contributed by atoms with Gasteiger partial charge in [-0.05, 0) is 18.2 Å². The van der Waals surface area contributed by atoms with Crippen molar-refractivity contribution in [2.45, 2.75) is 13.5 Å². The lowest BCUT2D eigenvalue weighted by Crippen LogP contribution is -2.32. The molecule has 1 atom stereocenters. The minimum Gasteiger partial charge on any atom is -0.439 e. The van der Waals surface area contributed by atoms with E-state index in [1.54, 1.807) is 19.1 Å². The molecule has 2 rings (SSSR count). The van der Waals surface area contributed by atoms with E-state index in [4.69, 9.17) is 10.5 Å². The number of carbonyl (C=O) groups is 1. The van der Waals surface area contributed by atoms with Gasteiger partial charge in [0.15, 0.2) is 11.6 Å². The molecule has 0 aliphatic carbocycles. The maximum atomic E-state index is 13.2. The zero-order valence-electron chi connectivity index (χ0n) is 12.6. The third-order valence-electron chi connectivity index (χ3n) is 3.21. The lowest BCUT2D eigenvalue weighted by molar-refractivity contribution is -0.124. The Bertz CT molecular complexity index is 695. The third kappa shape index (κ3) is 4.46. The van der Waals surface area contributed by atoms with Gasteiger partial charge in [0.2, 0.25) is 11.8 Å². The molecule has 0 aliphatic rings. The van der Waals surface area contributed by atoms with E-state index in [9.17, 15) is 13.6 Å². The van der Waals surface area contributed by atoms with Crippen molar-refractivity contribution in [2.75, 3.05) is 6.54 Å². The van der Waals surface area contributed by atoms with Gasteiger partial charge in [-0.2, -0.15) is 0 Å². The Morgan fingerprint density at radius 2 is 2.13 bits per heavy atom. The second-order valence-electron chi connectivity index (χ2n) is 5.00. The van der Waals surface area contributed by atoms with Gasteiger partial charge in [0.05, 0.1) is 0 Å². The number of halogens is 2. The normalized spacial score (nSPS) is 11.8. The van der Waals surface area contributed by atoms with E-state index in [1.165, 1.54) is 12.3 Å². The lowest BCUT2D eigenvalue weighted by Gasteiger charge is -2.13. The Morgan fingerprint density at radius 1 is 1.35 bits per heavy atom. The quantitative estimate of drug-likeness (QED) is 0.856.